The molecule has 0 aliphatic carbocycles. The molecular weight excluding hydrogens is 312 g/mol. The zero-order chi connectivity index (χ0) is 17.0. The second-order valence-corrected chi connectivity index (χ2v) is 4.92. The van der Waals surface area contributed by atoms with Crippen molar-refractivity contribution in [2.45, 2.75) is 5.92 Å². The average Bonchev–Trinajstić information content (AvgIpc) is 2.56. The monoisotopic (exact) mass is 319 g/mol. The van der Waals surface area contributed by atoms with Gasteiger partial charge in [0.05, 0.1) is 40.5 Å². The molecule has 2 rings (SSSR count). The van der Waals surface area contributed by atoms with Gasteiger partial charge in [-0.05, 0) is 11.6 Å². The van der Waals surface area contributed by atoms with Crippen molar-refractivity contribution in [1.29, 1.82) is 15.8 Å². The third-order valence-electron chi connectivity index (χ3n) is 3.33. The number of nitrogens with two attached hydrogens (primary N) is 1. The summed E-state index contributed by atoms with van der Waals surface area (Å²) in [5.41, 5.74) is 6.20. The molecule has 0 aromatic heterocycles. The molecular formula is C16H8ClN6-. The van der Waals surface area contributed by atoms with Gasteiger partial charge in [0, 0.05) is 5.02 Å². The fraction of sp³-hybridized carbons (Fsp3) is 0.0625. The van der Waals surface area contributed by atoms with E-state index in [-0.39, 0.29) is 28.2 Å². The minimum atomic E-state index is -0.841. The van der Waals surface area contributed by atoms with Crippen molar-refractivity contribution in [1.82, 2.24) is 5.32 Å². The van der Waals surface area contributed by atoms with Crippen LogP contribution in [0.15, 0.2) is 52.5 Å². The van der Waals surface area contributed by atoms with Gasteiger partial charge in [-0.1, -0.05) is 29.8 Å². The van der Waals surface area contributed by atoms with Crippen LogP contribution >= 0.6 is 11.6 Å². The molecule has 0 saturated heterocycles. The molecule has 1 aliphatic heterocycles. The van der Waals surface area contributed by atoms with E-state index in [9.17, 15) is 10.5 Å². The van der Waals surface area contributed by atoms with E-state index in [1.807, 2.05) is 12.1 Å². The van der Waals surface area contributed by atoms with Gasteiger partial charge in [-0.2, -0.15) is 15.8 Å². The normalized spacial score (nSPS) is 16.5. The first-order chi connectivity index (χ1) is 11.1. The van der Waals surface area contributed by atoms with Gasteiger partial charge in [0.25, 0.3) is 0 Å². The quantitative estimate of drug-likeness (QED) is 0.637. The van der Waals surface area contributed by atoms with Crippen LogP contribution < -0.4 is 11.1 Å². The molecule has 1 aromatic carbocycles. The third-order valence-corrected chi connectivity index (χ3v) is 3.67. The number of nitrogens with zero attached hydrogens (tertiary/aromatic N) is 4. The Kier molecular flexibility index (Phi) is 4.50. The molecule has 0 bridgehead atoms. The highest BCUT2D eigenvalue weighted by Gasteiger charge is 2.33. The first-order valence-electron chi connectivity index (χ1n) is 6.32. The molecule has 0 saturated carbocycles. The maximum Gasteiger partial charge on any atom is 0.116 e. The van der Waals surface area contributed by atoms with Gasteiger partial charge in [0.1, 0.15) is 11.9 Å². The molecule has 6 nitrogen and oxygen atoms in total. The van der Waals surface area contributed by atoms with E-state index in [1.165, 1.54) is 0 Å². The Morgan fingerprint density at radius 3 is 2.35 bits per heavy atom. The van der Waals surface area contributed by atoms with Crippen LogP contribution in [0, 0.1) is 34.0 Å². The molecule has 110 valence electrons. The lowest BCUT2D eigenvalue weighted by Crippen LogP contribution is -2.31. The van der Waals surface area contributed by atoms with E-state index < -0.39 is 5.92 Å². The summed E-state index contributed by atoms with van der Waals surface area (Å²) in [5.74, 6) is 0.856. The molecule has 0 fully saturated rings. The predicted molar refractivity (Wildman–Crippen MR) is 84.3 cm³/mol. The minimum Gasteiger partial charge on any atom is -0.762 e. The largest absolute Gasteiger partial charge is 0.762 e. The summed E-state index contributed by atoms with van der Waals surface area (Å²) >= 11 is 6.18. The maximum atomic E-state index is 9.53. The van der Waals surface area contributed by atoms with Crippen molar-refractivity contribution in [2.75, 3.05) is 0 Å². The first-order valence-corrected chi connectivity index (χ1v) is 6.69. The van der Waals surface area contributed by atoms with Gasteiger partial charge in [-0.15, -0.1) is 0 Å². The van der Waals surface area contributed by atoms with Crippen molar-refractivity contribution in [3.05, 3.63) is 68.5 Å². The minimum absolute atomic E-state index is 0.00100. The molecule has 1 aliphatic rings. The number of hydrogen-bond donors (Lipinski definition) is 2. The van der Waals surface area contributed by atoms with Gasteiger partial charge in [-0.25, -0.2) is 5.87 Å². The van der Waals surface area contributed by atoms with E-state index in [1.54, 1.807) is 36.2 Å². The number of allylic oxidation sites excluding steroid dienone is 3. The standard InChI is InChI=1S/C16H8ClN6/c17-13-4-2-1-3-10(13)14-11(7-20)15(9(5-18)6-19)23-16(22)12(14)8-21/h1-4,14,23H,22H2/q-1/t14-/m0/s1. The number of halogens is 1. The van der Waals surface area contributed by atoms with Crippen molar-refractivity contribution in [3.8, 4) is 18.2 Å². The number of rotatable bonds is 2. The van der Waals surface area contributed by atoms with Crippen LogP contribution in [0.1, 0.15) is 11.5 Å². The highest BCUT2D eigenvalue weighted by Crippen LogP contribution is 2.40. The van der Waals surface area contributed by atoms with Crippen LogP contribution in [0.5, 0.6) is 0 Å². The van der Waals surface area contributed by atoms with Crippen LogP contribution in [0.25, 0.3) is 5.41 Å². The van der Waals surface area contributed by atoms with E-state index >= 15 is 0 Å². The number of benzene rings is 1. The summed E-state index contributed by atoms with van der Waals surface area (Å²) in [5, 5.41) is 40.0. The zero-order valence-electron chi connectivity index (χ0n) is 11.6. The summed E-state index contributed by atoms with van der Waals surface area (Å²) in [7, 11) is 0. The molecule has 3 N–H and O–H groups in total. The third kappa shape index (κ3) is 2.67. The van der Waals surface area contributed by atoms with Gasteiger partial charge >= 0.3 is 0 Å². The second kappa shape index (κ2) is 6.52. The van der Waals surface area contributed by atoms with E-state index in [0.717, 1.165) is 0 Å². The lowest BCUT2D eigenvalue weighted by atomic mass is 9.81. The fourth-order valence-electron chi connectivity index (χ4n) is 2.31. The average molecular weight is 320 g/mol. The SMILES string of the molecule is N#CC(=C=[N-])C1=C(C#N)[C@H](c2ccccc2Cl)C(C#N)=C(N)N1. The summed E-state index contributed by atoms with van der Waals surface area (Å²) in [6.45, 7) is 0. The molecule has 7 heteroatoms. The fourth-order valence-corrected chi connectivity index (χ4v) is 2.56. The number of nitriles is 3. The Morgan fingerprint density at radius 2 is 1.83 bits per heavy atom. The maximum absolute atomic E-state index is 9.53. The van der Waals surface area contributed by atoms with Crippen LogP contribution in [0.3, 0.4) is 0 Å². The van der Waals surface area contributed by atoms with Crippen molar-refractivity contribution in [3.63, 3.8) is 0 Å². The molecule has 0 radical (unpaired) electrons. The molecule has 1 atom stereocenters. The molecule has 1 heterocycles. The number of nitrogens with one attached hydrogen (secondary N) is 1. The Balaban J connectivity index is 2.82. The van der Waals surface area contributed by atoms with Gasteiger partial charge in [0.2, 0.25) is 0 Å². The highest BCUT2D eigenvalue weighted by molar-refractivity contribution is 6.31. The van der Waals surface area contributed by atoms with E-state index in [0.29, 0.717) is 10.6 Å². The Morgan fingerprint density at radius 1 is 1.17 bits per heavy atom. The molecule has 0 unspecified atom stereocenters. The van der Waals surface area contributed by atoms with Crippen LogP contribution in [0.4, 0.5) is 0 Å². The van der Waals surface area contributed by atoms with Crippen molar-refractivity contribution >= 4 is 17.5 Å². The summed E-state index contributed by atoms with van der Waals surface area (Å²) in [6.07, 6.45) is 0. The van der Waals surface area contributed by atoms with Gasteiger partial charge < -0.3 is 16.5 Å². The highest BCUT2D eigenvalue weighted by atomic mass is 35.5. The van der Waals surface area contributed by atoms with Crippen LogP contribution in [0.2, 0.25) is 5.02 Å². The van der Waals surface area contributed by atoms with Crippen molar-refractivity contribution < 1.29 is 0 Å². The summed E-state index contributed by atoms with van der Waals surface area (Å²) in [6, 6.07) is 12.3. The van der Waals surface area contributed by atoms with E-state index in [4.69, 9.17) is 28.0 Å². The Hall–Kier alpha value is -3.49. The van der Waals surface area contributed by atoms with Crippen LogP contribution in [-0.4, -0.2) is 5.87 Å². The van der Waals surface area contributed by atoms with Crippen molar-refractivity contribution in [2.24, 2.45) is 5.73 Å². The molecule has 1 aromatic rings. The lowest BCUT2D eigenvalue weighted by Gasteiger charge is -2.27. The summed E-state index contributed by atoms with van der Waals surface area (Å²) < 4.78 is 0. The molecule has 0 spiro atoms. The van der Waals surface area contributed by atoms with Gasteiger partial charge in [0.15, 0.2) is 0 Å². The van der Waals surface area contributed by atoms with E-state index in [2.05, 4.69) is 5.32 Å². The topological polar surface area (TPSA) is 132 Å². The molecule has 0 amide bonds. The first kappa shape index (κ1) is 15.9. The number of dihydropyridines is 1. The van der Waals surface area contributed by atoms with Crippen LogP contribution in [-0.2, 0) is 0 Å². The van der Waals surface area contributed by atoms with Gasteiger partial charge in [-0.3, -0.25) is 0 Å². The molecule has 23 heavy (non-hydrogen) atoms. The zero-order valence-corrected chi connectivity index (χ0v) is 12.4. The summed E-state index contributed by atoms with van der Waals surface area (Å²) in [4.78, 5) is 0. The predicted octanol–water partition coefficient (Wildman–Crippen LogP) is 2.19. The second-order valence-electron chi connectivity index (χ2n) is 4.52. The smallest absolute Gasteiger partial charge is 0.116 e. The number of hydrogen-bond acceptors (Lipinski definition) is 5. The lowest BCUT2D eigenvalue weighted by molar-refractivity contribution is 0.817. The Labute approximate surface area is 137 Å². The Bertz CT molecular complexity index is 913.